The fourth-order valence-electron chi connectivity index (χ4n) is 6.37. The second-order valence-electron chi connectivity index (χ2n) is 13.0. The van der Waals surface area contributed by atoms with Gasteiger partial charge in [0.05, 0.1) is 49.3 Å². The Labute approximate surface area is 283 Å². The van der Waals surface area contributed by atoms with Crippen LogP contribution in [-0.2, 0) is 24.5 Å². The molecule has 9 nitrogen and oxygen atoms in total. The smallest absolute Gasteiger partial charge is 0.410 e. The van der Waals surface area contributed by atoms with Crippen LogP contribution in [0.25, 0.3) is 0 Å². The number of hydrogen-bond acceptors (Lipinski definition) is 8. The number of ether oxygens (including phenoxy) is 3. The first kappa shape index (κ1) is 34.9. The third-order valence-corrected chi connectivity index (χ3v) is 10.0. The Hall–Kier alpha value is -4.38. The zero-order valence-electron chi connectivity index (χ0n) is 28.1. The summed E-state index contributed by atoms with van der Waals surface area (Å²) in [4.78, 5) is 15.3. The number of hydrogen-bond donors (Lipinski definition) is 1. The summed E-state index contributed by atoms with van der Waals surface area (Å²) in [5.74, 6) is 1.27. The molecule has 48 heavy (non-hydrogen) atoms. The monoisotopic (exact) mass is 673 g/mol. The number of carbonyl (C=O) groups is 1. The Morgan fingerprint density at radius 3 is 1.77 bits per heavy atom. The van der Waals surface area contributed by atoms with Crippen molar-refractivity contribution in [3.05, 3.63) is 125 Å². The third-order valence-electron chi connectivity index (χ3n) is 8.63. The molecule has 0 aromatic heterocycles. The molecule has 5 rings (SSSR count). The van der Waals surface area contributed by atoms with Crippen LogP contribution in [0.2, 0.25) is 0 Å². The van der Waals surface area contributed by atoms with Crippen LogP contribution in [0.15, 0.2) is 108 Å². The molecule has 10 heteroatoms. The normalized spacial score (nSPS) is 17.5. The van der Waals surface area contributed by atoms with E-state index in [0.29, 0.717) is 11.5 Å². The van der Waals surface area contributed by atoms with Gasteiger partial charge in [0.2, 0.25) is 0 Å². The number of nitrogens with zero attached hydrogens (tertiary/aromatic N) is 1. The van der Waals surface area contributed by atoms with E-state index in [2.05, 4.69) is 0 Å². The largest absolute Gasteiger partial charge is 0.497 e. The Morgan fingerprint density at radius 2 is 1.29 bits per heavy atom. The predicted molar refractivity (Wildman–Crippen MR) is 183 cm³/mol. The van der Waals surface area contributed by atoms with Crippen molar-refractivity contribution < 1.29 is 36.7 Å². The molecule has 1 N–H and O–H groups in total. The number of likely N-dealkylation sites (tertiary alicyclic amines) is 1. The van der Waals surface area contributed by atoms with Gasteiger partial charge in [-0.25, -0.2) is 4.79 Å². The van der Waals surface area contributed by atoms with Gasteiger partial charge < -0.3 is 19.3 Å². The summed E-state index contributed by atoms with van der Waals surface area (Å²) in [6.45, 7) is 7.02. The maximum absolute atomic E-state index is 13.9. The minimum Gasteiger partial charge on any atom is -0.497 e. The summed E-state index contributed by atoms with van der Waals surface area (Å²) in [7, 11) is -1.02. The van der Waals surface area contributed by atoms with E-state index in [9.17, 15) is 18.3 Å². The Bertz CT molecular complexity index is 1740. The summed E-state index contributed by atoms with van der Waals surface area (Å²) in [6, 6.07) is 29.8. The van der Waals surface area contributed by atoms with Crippen molar-refractivity contribution in [2.24, 2.45) is 0 Å². The molecule has 3 atom stereocenters. The highest BCUT2D eigenvalue weighted by atomic mass is 32.2. The lowest BCUT2D eigenvalue weighted by molar-refractivity contribution is -0.00465. The zero-order valence-corrected chi connectivity index (χ0v) is 28.9. The summed E-state index contributed by atoms with van der Waals surface area (Å²) in [5.41, 5.74) is 1.02. The van der Waals surface area contributed by atoms with Crippen LogP contribution in [0.3, 0.4) is 0 Å². The molecule has 1 heterocycles. The highest BCUT2D eigenvalue weighted by Crippen LogP contribution is 2.47. The van der Waals surface area contributed by atoms with Crippen molar-refractivity contribution in [1.82, 2.24) is 4.90 Å². The van der Waals surface area contributed by atoms with Crippen LogP contribution < -0.4 is 9.47 Å². The van der Waals surface area contributed by atoms with E-state index < -0.39 is 45.5 Å². The van der Waals surface area contributed by atoms with E-state index in [0.717, 1.165) is 22.3 Å². The molecule has 254 valence electrons. The van der Waals surface area contributed by atoms with Crippen LogP contribution >= 0.6 is 0 Å². The number of benzene rings is 4. The molecule has 0 bridgehead atoms. The first-order chi connectivity index (χ1) is 22.8. The molecular formula is C38H43NO8S. The van der Waals surface area contributed by atoms with E-state index in [1.165, 1.54) is 17.0 Å². The van der Waals surface area contributed by atoms with Gasteiger partial charge >= 0.3 is 6.09 Å². The highest BCUT2D eigenvalue weighted by Gasteiger charge is 2.53. The third kappa shape index (κ3) is 7.21. The van der Waals surface area contributed by atoms with Crippen molar-refractivity contribution in [1.29, 1.82) is 0 Å². The lowest BCUT2D eigenvalue weighted by Gasteiger charge is -2.44. The standard InChI is InChI=1S/C38H43NO8S/c1-26-12-22-33(23-13-26)48(42,43)47-32-24-34(39(25-32)36(41)46-37(2,3)4)35(40)38(27-10-8-7-9-11-27,28-14-18-30(44-5)19-15-28)29-16-20-31(45-6)21-17-29/h7-23,32,34-35,40H,24-25H2,1-6H3/t32-,34-,35?/m1/s1. The fraction of sp³-hybridized carbons (Fsp3) is 0.342. The molecule has 4 aromatic carbocycles. The van der Waals surface area contributed by atoms with Crippen LogP contribution in [-0.4, -0.2) is 69.1 Å². The molecule has 1 unspecified atom stereocenters. The summed E-state index contributed by atoms with van der Waals surface area (Å²) in [5, 5.41) is 12.9. The number of methoxy groups -OCH3 is 2. The van der Waals surface area contributed by atoms with Crippen LogP contribution in [0.1, 0.15) is 49.4 Å². The SMILES string of the molecule is COc1ccc(C(c2ccccc2)(c2ccc(OC)cc2)C(O)[C@H]2C[C@@H](OS(=O)(=O)c3ccc(C)cc3)CN2C(=O)OC(C)(C)C)cc1. The molecule has 1 fully saturated rings. The Kier molecular flexibility index (Phi) is 10.2. The molecule has 1 amide bonds. The van der Waals surface area contributed by atoms with Crippen LogP contribution in [0.5, 0.6) is 11.5 Å². The van der Waals surface area contributed by atoms with E-state index in [1.807, 2.05) is 85.8 Å². The lowest BCUT2D eigenvalue weighted by Crippen LogP contribution is -2.54. The van der Waals surface area contributed by atoms with Crippen LogP contribution in [0.4, 0.5) is 4.79 Å². The zero-order chi connectivity index (χ0) is 34.7. The van der Waals surface area contributed by atoms with E-state index in [1.54, 1.807) is 47.1 Å². The first-order valence-corrected chi connectivity index (χ1v) is 17.2. The van der Waals surface area contributed by atoms with Gasteiger partial charge in [0.1, 0.15) is 17.1 Å². The molecule has 0 aliphatic carbocycles. The van der Waals surface area contributed by atoms with Gasteiger partial charge in [0.25, 0.3) is 10.1 Å². The number of amides is 1. The average Bonchev–Trinajstić information content (AvgIpc) is 3.49. The van der Waals surface area contributed by atoms with Gasteiger partial charge in [0, 0.05) is 0 Å². The minimum absolute atomic E-state index is 0.0102. The molecule has 0 radical (unpaired) electrons. The molecular weight excluding hydrogens is 630 g/mol. The fourth-order valence-corrected chi connectivity index (χ4v) is 7.45. The molecule has 1 aliphatic heterocycles. The predicted octanol–water partition coefficient (Wildman–Crippen LogP) is 6.49. The highest BCUT2D eigenvalue weighted by molar-refractivity contribution is 7.86. The summed E-state index contributed by atoms with van der Waals surface area (Å²) >= 11 is 0. The summed E-state index contributed by atoms with van der Waals surface area (Å²) < 4.78 is 49.4. The van der Waals surface area contributed by atoms with E-state index in [-0.39, 0.29) is 17.9 Å². The number of aliphatic hydroxyl groups is 1. The minimum atomic E-state index is -4.19. The van der Waals surface area contributed by atoms with Crippen molar-refractivity contribution in [3.63, 3.8) is 0 Å². The molecule has 1 saturated heterocycles. The van der Waals surface area contributed by atoms with Gasteiger partial charge in [-0.05, 0) is 87.2 Å². The van der Waals surface area contributed by atoms with Gasteiger partial charge in [0.15, 0.2) is 0 Å². The second-order valence-corrected chi connectivity index (χ2v) is 14.6. The second kappa shape index (κ2) is 14.0. The van der Waals surface area contributed by atoms with Crippen molar-refractivity contribution in [3.8, 4) is 11.5 Å². The van der Waals surface area contributed by atoms with Gasteiger partial charge in [-0.3, -0.25) is 9.08 Å². The van der Waals surface area contributed by atoms with Crippen molar-refractivity contribution in [2.75, 3.05) is 20.8 Å². The number of aliphatic hydroxyl groups excluding tert-OH is 1. The molecule has 0 spiro atoms. The Morgan fingerprint density at radius 1 is 0.792 bits per heavy atom. The number of aryl methyl sites for hydroxylation is 1. The Balaban J connectivity index is 1.67. The van der Waals surface area contributed by atoms with Gasteiger partial charge in [-0.2, -0.15) is 8.42 Å². The topological polar surface area (TPSA) is 112 Å². The molecule has 4 aromatic rings. The average molecular weight is 674 g/mol. The van der Waals surface area contributed by atoms with E-state index in [4.69, 9.17) is 18.4 Å². The maximum Gasteiger partial charge on any atom is 0.410 e. The molecule has 0 saturated carbocycles. The number of rotatable bonds is 10. The number of carbonyl (C=O) groups excluding carboxylic acids is 1. The lowest BCUT2D eigenvalue weighted by atomic mass is 9.63. The maximum atomic E-state index is 13.9. The van der Waals surface area contributed by atoms with Crippen molar-refractivity contribution in [2.45, 2.75) is 68.3 Å². The quantitative estimate of drug-likeness (QED) is 0.150. The van der Waals surface area contributed by atoms with Crippen LogP contribution in [0, 0.1) is 6.92 Å². The summed E-state index contributed by atoms with van der Waals surface area (Å²) in [6.07, 6.45) is -2.93. The van der Waals surface area contributed by atoms with Crippen molar-refractivity contribution >= 4 is 16.2 Å². The van der Waals surface area contributed by atoms with Gasteiger partial charge in [-0.15, -0.1) is 0 Å². The van der Waals surface area contributed by atoms with E-state index >= 15 is 0 Å². The molecule has 1 aliphatic rings. The van der Waals surface area contributed by atoms with Gasteiger partial charge in [-0.1, -0.05) is 72.3 Å². The first-order valence-electron chi connectivity index (χ1n) is 15.8.